The average Bonchev–Trinajstić information content (AvgIpc) is 2.34. The summed E-state index contributed by atoms with van der Waals surface area (Å²) in [5.74, 6) is 0.130. The number of rotatable bonds is 4. The van der Waals surface area contributed by atoms with Crippen LogP contribution in [0.25, 0.3) is 5.76 Å². The van der Waals surface area contributed by atoms with Crippen LogP contribution in [0.5, 0.6) is 5.75 Å². The predicted octanol–water partition coefficient (Wildman–Crippen LogP) is 3.31. The van der Waals surface area contributed by atoms with E-state index in [-0.39, 0.29) is 11.3 Å². The molecule has 0 radical (unpaired) electrons. The van der Waals surface area contributed by atoms with Gasteiger partial charge in [-0.2, -0.15) is 21.6 Å². The molecule has 0 aliphatic rings. The van der Waals surface area contributed by atoms with E-state index in [0.717, 1.165) is 0 Å². The Balaban J connectivity index is 3.18. The van der Waals surface area contributed by atoms with E-state index in [9.17, 15) is 21.6 Å². The van der Waals surface area contributed by atoms with Gasteiger partial charge in [0.15, 0.2) is 0 Å². The predicted molar refractivity (Wildman–Crippen MR) is 67.3 cm³/mol. The summed E-state index contributed by atoms with van der Waals surface area (Å²) in [4.78, 5) is 0. The fraction of sp³-hybridized carbons (Fsp3) is 0.333. The molecule has 4 nitrogen and oxygen atoms in total. The molecule has 0 saturated carbocycles. The first kappa shape index (κ1) is 16.4. The SMILES string of the molecule is COc1ccc(C(OS(=O)(=O)C(F)(F)F)=C(C)C)cc1. The fourth-order valence-corrected chi connectivity index (χ4v) is 1.90. The number of alkyl halides is 3. The molecule has 0 unspecified atom stereocenters. The van der Waals surface area contributed by atoms with E-state index in [1.807, 2.05) is 0 Å². The Kier molecular flexibility index (Phi) is 4.69. The lowest BCUT2D eigenvalue weighted by molar-refractivity contribution is -0.0509. The van der Waals surface area contributed by atoms with Crippen molar-refractivity contribution in [2.45, 2.75) is 19.4 Å². The van der Waals surface area contributed by atoms with Crippen LogP contribution in [0.3, 0.4) is 0 Å². The molecule has 112 valence electrons. The number of allylic oxidation sites excluding steroid dienone is 1. The number of benzene rings is 1. The number of hydrogen-bond donors (Lipinski definition) is 0. The van der Waals surface area contributed by atoms with Gasteiger partial charge in [-0.05, 0) is 43.7 Å². The summed E-state index contributed by atoms with van der Waals surface area (Å²) in [5.41, 5.74) is -4.97. The maximum absolute atomic E-state index is 12.3. The van der Waals surface area contributed by atoms with Gasteiger partial charge in [0.2, 0.25) is 0 Å². The van der Waals surface area contributed by atoms with Gasteiger partial charge in [0, 0.05) is 5.56 Å². The average molecular weight is 310 g/mol. The second-order valence-electron chi connectivity index (χ2n) is 4.04. The van der Waals surface area contributed by atoms with Crippen molar-refractivity contribution in [3.8, 4) is 5.75 Å². The molecule has 0 amide bonds. The topological polar surface area (TPSA) is 52.6 Å². The van der Waals surface area contributed by atoms with Gasteiger partial charge in [-0.3, -0.25) is 0 Å². The van der Waals surface area contributed by atoms with Crippen molar-refractivity contribution < 1.29 is 30.5 Å². The van der Waals surface area contributed by atoms with E-state index >= 15 is 0 Å². The van der Waals surface area contributed by atoms with Crippen molar-refractivity contribution in [1.82, 2.24) is 0 Å². The maximum atomic E-state index is 12.3. The minimum absolute atomic E-state index is 0.207. The summed E-state index contributed by atoms with van der Waals surface area (Å²) >= 11 is 0. The Morgan fingerprint density at radius 2 is 1.60 bits per heavy atom. The van der Waals surface area contributed by atoms with Crippen LogP contribution in [0.2, 0.25) is 0 Å². The minimum atomic E-state index is -5.69. The Hall–Kier alpha value is -1.70. The molecule has 1 rings (SSSR count). The van der Waals surface area contributed by atoms with Crippen molar-refractivity contribution in [2.75, 3.05) is 7.11 Å². The van der Waals surface area contributed by atoms with Crippen LogP contribution in [-0.2, 0) is 14.3 Å². The molecule has 0 saturated heterocycles. The zero-order valence-corrected chi connectivity index (χ0v) is 11.8. The lowest BCUT2D eigenvalue weighted by Crippen LogP contribution is -2.25. The second kappa shape index (κ2) is 5.74. The van der Waals surface area contributed by atoms with E-state index in [1.165, 1.54) is 45.2 Å². The van der Waals surface area contributed by atoms with Crippen LogP contribution >= 0.6 is 0 Å². The molecular formula is C12H13F3O4S. The van der Waals surface area contributed by atoms with Crippen molar-refractivity contribution in [3.05, 3.63) is 35.4 Å². The molecule has 0 atom stereocenters. The summed E-state index contributed by atoms with van der Waals surface area (Å²) in [6, 6.07) is 5.80. The molecule has 1 aromatic carbocycles. The van der Waals surface area contributed by atoms with Gasteiger partial charge >= 0.3 is 15.6 Å². The zero-order valence-electron chi connectivity index (χ0n) is 11.0. The second-order valence-corrected chi connectivity index (χ2v) is 5.58. The molecule has 0 fully saturated rings. The highest BCUT2D eigenvalue weighted by Crippen LogP contribution is 2.31. The summed E-state index contributed by atoms with van der Waals surface area (Å²) < 4.78 is 68.2. The smallest absolute Gasteiger partial charge is 0.497 e. The van der Waals surface area contributed by atoms with Crippen molar-refractivity contribution in [1.29, 1.82) is 0 Å². The number of hydrogen-bond acceptors (Lipinski definition) is 4. The third-order valence-electron chi connectivity index (χ3n) is 2.28. The number of methoxy groups -OCH3 is 1. The molecule has 0 spiro atoms. The van der Waals surface area contributed by atoms with Gasteiger partial charge < -0.3 is 8.92 Å². The van der Waals surface area contributed by atoms with Crippen molar-refractivity contribution >= 4 is 15.9 Å². The Morgan fingerprint density at radius 1 is 1.10 bits per heavy atom. The van der Waals surface area contributed by atoms with Crippen LogP contribution in [0, 0.1) is 0 Å². The van der Waals surface area contributed by atoms with E-state index in [2.05, 4.69) is 4.18 Å². The normalized spacial score (nSPS) is 11.9. The van der Waals surface area contributed by atoms with Gasteiger partial charge in [-0.15, -0.1) is 0 Å². The minimum Gasteiger partial charge on any atom is -0.497 e. The molecule has 0 heterocycles. The molecule has 0 aromatic heterocycles. The first-order valence-electron chi connectivity index (χ1n) is 5.41. The third kappa shape index (κ3) is 3.66. The first-order chi connectivity index (χ1) is 9.08. The Morgan fingerprint density at radius 3 is 1.95 bits per heavy atom. The summed E-state index contributed by atoms with van der Waals surface area (Å²) in [6.45, 7) is 2.90. The highest BCUT2D eigenvalue weighted by molar-refractivity contribution is 7.87. The molecule has 0 aliphatic heterocycles. The lowest BCUT2D eigenvalue weighted by Gasteiger charge is -2.14. The number of halogens is 3. The number of ether oxygens (including phenoxy) is 1. The summed E-state index contributed by atoms with van der Waals surface area (Å²) in [5, 5.41) is 0. The van der Waals surface area contributed by atoms with Crippen LogP contribution in [0.15, 0.2) is 29.8 Å². The third-order valence-corrected chi connectivity index (χ3v) is 3.24. The maximum Gasteiger partial charge on any atom is 0.534 e. The van der Waals surface area contributed by atoms with E-state index in [1.54, 1.807) is 0 Å². The Bertz CT molecular complexity index is 597. The van der Waals surface area contributed by atoms with E-state index in [4.69, 9.17) is 4.74 Å². The van der Waals surface area contributed by atoms with E-state index in [0.29, 0.717) is 11.3 Å². The zero-order chi connectivity index (χ0) is 15.6. The standard InChI is InChI=1S/C12H13F3O4S/c1-8(2)11(19-20(16,17)12(13,14)15)9-4-6-10(18-3)7-5-9/h4-7H,1-3H3. The first-order valence-corrected chi connectivity index (χ1v) is 6.82. The van der Waals surface area contributed by atoms with Gasteiger partial charge in [0.1, 0.15) is 11.5 Å². The molecule has 8 heteroatoms. The molecule has 20 heavy (non-hydrogen) atoms. The van der Waals surface area contributed by atoms with Gasteiger partial charge in [0.25, 0.3) is 0 Å². The summed E-state index contributed by atoms with van der Waals surface area (Å²) in [6.07, 6.45) is 0. The molecule has 0 bridgehead atoms. The van der Waals surface area contributed by atoms with Crippen molar-refractivity contribution in [3.63, 3.8) is 0 Å². The molecule has 0 aliphatic carbocycles. The van der Waals surface area contributed by atoms with Crippen LogP contribution in [-0.4, -0.2) is 21.0 Å². The monoisotopic (exact) mass is 310 g/mol. The highest BCUT2D eigenvalue weighted by Gasteiger charge is 2.49. The van der Waals surface area contributed by atoms with Gasteiger partial charge in [0.05, 0.1) is 7.11 Å². The van der Waals surface area contributed by atoms with Gasteiger partial charge in [-0.1, -0.05) is 0 Å². The highest BCUT2D eigenvalue weighted by atomic mass is 32.2. The van der Waals surface area contributed by atoms with Crippen molar-refractivity contribution in [2.24, 2.45) is 0 Å². The van der Waals surface area contributed by atoms with Gasteiger partial charge in [-0.25, -0.2) is 0 Å². The fourth-order valence-electron chi connectivity index (χ4n) is 1.32. The molecule has 1 aromatic rings. The lowest BCUT2D eigenvalue weighted by atomic mass is 10.1. The van der Waals surface area contributed by atoms with E-state index < -0.39 is 15.6 Å². The van der Waals surface area contributed by atoms with Crippen LogP contribution < -0.4 is 4.74 Å². The molecule has 0 N–H and O–H groups in total. The molecular weight excluding hydrogens is 297 g/mol. The van der Waals surface area contributed by atoms with Crippen LogP contribution in [0.1, 0.15) is 19.4 Å². The Labute approximate surface area is 114 Å². The quantitative estimate of drug-likeness (QED) is 0.486. The summed E-state index contributed by atoms with van der Waals surface area (Å²) in [7, 11) is -4.26. The van der Waals surface area contributed by atoms with Crippen LogP contribution in [0.4, 0.5) is 13.2 Å². The largest absolute Gasteiger partial charge is 0.534 e.